The number of nitrogens with one attached hydrogen (secondary N) is 2. The van der Waals surface area contributed by atoms with E-state index in [2.05, 4.69) is 15.5 Å². The molecule has 1 heterocycles. The minimum absolute atomic E-state index is 0.155. The maximum absolute atomic E-state index is 13.0. The number of aliphatic hydroxyl groups is 1. The van der Waals surface area contributed by atoms with Crippen molar-refractivity contribution >= 4 is 22.4 Å². The number of halogens is 3. The molecule has 0 radical (unpaired) electrons. The molecule has 1 aromatic heterocycles. The third-order valence-electron chi connectivity index (χ3n) is 4.05. The van der Waals surface area contributed by atoms with E-state index in [1.807, 2.05) is 0 Å². The van der Waals surface area contributed by atoms with E-state index < -0.39 is 17.3 Å². The fourth-order valence-electron chi connectivity index (χ4n) is 2.60. The van der Waals surface area contributed by atoms with Crippen molar-refractivity contribution in [2.24, 2.45) is 0 Å². The topological polar surface area (TPSA) is 70.2 Å². The highest BCUT2D eigenvalue weighted by Gasteiger charge is 2.31. The van der Waals surface area contributed by atoms with Crippen LogP contribution >= 0.6 is 0 Å². The van der Waals surface area contributed by atoms with Gasteiger partial charge in [-0.3, -0.25) is 5.10 Å². The third-order valence-corrected chi connectivity index (χ3v) is 4.05. The molecule has 0 saturated carbocycles. The summed E-state index contributed by atoms with van der Waals surface area (Å²) in [4.78, 5) is 0. The normalized spacial score (nSPS) is 12.4. The van der Waals surface area contributed by atoms with Gasteiger partial charge in [0.05, 0.1) is 29.5 Å². The van der Waals surface area contributed by atoms with E-state index in [9.17, 15) is 18.3 Å². The second-order valence-electron chi connectivity index (χ2n) is 6.43. The Morgan fingerprint density at radius 1 is 1.08 bits per heavy atom. The van der Waals surface area contributed by atoms with Crippen molar-refractivity contribution in [3.8, 4) is 5.75 Å². The van der Waals surface area contributed by atoms with Crippen molar-refractivity contribution in [3.63, 3.8) is 0 Å². The zero-order valence-electron chi connectivity index (χ0n) is 14.4. The van der Waals surface area contributed by atoms with Crippen molar-refractivity contribution < 1.29 is 23.0 Å². The van der Waals surface area contributed by atoms with Crippen LogP contribution in [0.5, 0.6) is 5.75 Å². The number of ether oxygens (including phenoxy) is 1. The lowest BCUT2D eigenvalue weighted by molar-refractivity contribution is -0.137. The zero-order chi connectivity index (χ0) is 19.1. The van der Waals surface area contributed by atoms with Crippen molar-refractivity contribution in [2.45, 2.75) is 25.6 Å². The largest absolute Gasteiger partial charge is 0.495 e. The maximum Gasteiger partial charge on any atom is 0.416 e. The Morgan fingerprint density at radius 3 is 2.38 bits per heavy atom. The van der Waals surface area contributed by atoms with Crippen LogP contribution in [0.25, 0.3) is 10.9 Å². The summed E-state index contributed by atoms with van der Waals surface area (Å²) in [5.41, 5.74) is -0.306. The van der Waals surface area contributed by atoms with E-state index in [4.69, 9.17) is 4.74 Å². The number of anilines is 2. The van der Waals surface area contributed by atoms with Gasteiger partial charge in [-0.05, 0) is 49.7 Å². The van der Waals surface area contributed by atoms with Gasteiger partial charge in [0, 0.05) is 5.39 Å². The SMILES string of the molecule is COc1ccc(C(F)(F)F)cc1Nc1n[nH]c2cc(C(C)(C)O)ccc12. The van der Waals surface area contributed by atoms with Gasteiger partial charge in [0.1, 0.15) is 5.75 Å². The second-order valence-corrected chi connectivity index (χ2v) is 6.43. The lowest BCUT2D eigenvalue weighted by Gasteiger charge is -2.17. The number of rotatable bonds is 4. The van der Waals surface area contributed by atoms with Crippen LogP contribution in [0.3, 0.4) is 0 Å². The Hall–Kier alpha value is -2.74. The standard InChI is InChI=1S/C18H18F3N3O2/c1-17(2,25)10-4-6-12-13(8-10)23-24-16(12)22-14-9-11(18(19,20)21)5-7-15(14)26-3/h4-9,25H,1-3H3,(H2,22,23,24). The van der Waals surface area contributed by atoms with E-state index in [1.54, 1.807) is 32.0 Å². The van der Waals surface area contributed by atoms with E-state index in [0.717, 1.165) is 12.1 Å². The molecule has 0 aliphatic heterocycles. The Morgan fingerprint density at radius 2 is 1.77 bits per heavy atom. The van der Waals surface area contributed by atoms with Gasteiger partial charge in [0.2, 0.25) is 0 Å². The highest BCUT2D eigenvalue weighted by Crippen LogP contribution is 2.37. The van der Waals surface area contributed by atoms with Crippen LogP contribution in [0.15, 0.2) is 36.4 Å². The predicted octanol–water partition coefficient (Wildman–Crippen LogP) is 4.56. The molecular weight excluding hydrogens is 347 g/mol. The summed E-state index contributed by atoms with van der Waals surface area (Å²) in [6, 6.07) is 8.43. The summed E-state index contributed by atoms with van der Waals surface area (Å²) in [6.07, 6.45) is -4.46. The first-order valence-electron chi connectivity index (χ1n) is 7.83. The monoisotopic (exact) mass is 365 g/mol. The average Bonchev–Trinajstić information content (AvgIpc) is 2.95. The van der Waals surface area contributed by atoms with Crippen LogP contribution < -0.4 is 10.1 Å². The van der Waals surface area contributed by atoms with E-state index in [0.29, 0.717) is 22.3 Å². The fourth-order valence-corrected chi connectivity index (χ4v) is 2.60. The number of fused-ring (bicyclic) bond motifs is 1. The molecule has 5 nitrogen and oxygen atoms in total. The minimum atomic E-state index is -4.46. The molecule has 0 aliphatic rings. The van der Waals surface area contributed by atoms with Gasteiger partial charge in [-0.2, -0.15) is 18.3 Å². The highest BCUT2D eigenvalue weighted by molar-refractivity contribution is 5.92. The van der Waals surface area contributed by atoms with Crippen LogP contribution in [-0.2, 0) is 11.8 Å². The van der Waals surface area contributed by atoms with E-state index in [-0.39, 0.29) is 11.4 Å². The number of alkyl halides is 3. The first kappa shape index (κ1) is 18.1. The number of H-pyrrole nitrogens is 1. The minimum Gasteiger partial charge on any atom is -0.495 e. The van der Waals surface area contributed by atoms with Crippen molar-refractivity contribution in [2.75, 3.05) is 12.4 Å². The number of benzene rings is 2. The third kappa shape index (κ3) is 3.45. The van der Waals surface area contributed by atoms with Gasteiger partial charge in [-0.25, -0.2) is 0 Å². The Bertz CT molecular complexity index is 943. The molecule has 3 rings (SSSR count). The molecule has 0 atom stereocenters. The van der Waals surface area contributed by atoms with Crippen molar-refractivity contribution in [1.29, 1.82) is 0 Å². The molecule has 0 bridgehead atoms. The van der Waals surface area contributed by atoms with Gasteiger partial charge < -0.3 is 15.2 Å². The summed E-state index contributed by atoms with van der Waals surface area (Å²) >= 11 is 0. The molecule has 8 heteroatoms. The molecule has 138 valence electrons. The maximum atomic E-state index is 13.0. The van der Waals surface area contributed by atoms with Gasteiger partial charge >= 0.3 is 6.18 Å². The number of nitrogens with zero attached hydrogens (tertiary/aromatic N) is 1. The molecule has 2 aromatic carbocycles. The molecule has 0 saturated heterocycles. The molecule has 0 unspecified atom stereocenters. The lowest BCUT2D eigenvalue weighted by atomic mass is 9.97. The first-order chi connectivity index (χ1) is 12.1. The molecule has 0 fully saturated rings. The lowest BCUT2D eigenvalue weighted by Crippen LogP contribution is -2.14. The van der Waals surface area contributed by atoms with Crippen LogP contribution in [0.1, 0.15) is 25.0 Å². The summed E-state index contributed by atoms with van der Waals surface area (Å²) in [6.45, 7) is 3.33. The predicted molar refractivity (Wildman–Crippen MR) is 92.6 cm³/mol. The van der Waals surface area contributed by atoms with Crippen molar-refractivity contribution in [3.05, 3.63) is 47.5 Å². The fraction of sp³-hybridized carbons (Fsp3) is 0.278. The molecule has 26 heavy (non-hydrogen) atoms. The first-order valence-corrected chi connectivity index (χ1v) is 7.83. The number of hydrogen-bond acceptors (Lipinski definition) is 4. The van der Waals surface area contributed by atoms with Gasteiger partial charge in [-0.1, -0.05) is 6.07 Å². The smallest absolute Gasteiger partial charge is 0.416 e. The van der Waals surface area contributed by atoms with Gasteiger partial charge in [0.25, 0.3) is 0 Å². The quantitative estimate of drug-likeness (QED) is 0.634. The number of aromatic nitrogens is 2. The van der Waals surface area contributed by atoms with E-state index in [1.165, 1.54) is 13.2 Å². The average molecular weight is 365 g/mol. The van der Waals surface area contributed by atoms with E-state index >= 15 is 0 Å². The Kier molecular flexibility index (Phi) is 4.31. The summed E-state index contributed by atoms with van der Waals surface area (Å²) in [5.74, 6) is 0.627. The second kappa shape index (κ2) is 6.21. The summed E-state index contributed by atoms with van der Waals surface area (Å²) in [7, 11) is 1.38. The van der Waals surface area contributed by atoms with Crippen LogP contribution in [0.2, 0.25) is 0 Å². The molecule has 0 spiro atoms. The molecular formula is C18H18F3N3O2. The summed E-state index contributed by atoms with van der Waals surface area (Å²) in [5, 5.41) is 20.6. The van der Waals surface area contributed by atoms with Gasteiger partial charge in [-0.15, -0.1) is 0 Å². The van der Waals surface area contributed by atoms with Crippen LogP contribution in [-0.4, -0.2) is 22.4 Å². The molecule has 3 N–H and O–H groups in total. The molecule has 0 amide bonds. The van der Waals surface area contributed by atoms with Crippen LogP contribution in [0.4, 0.5) is 24.7 Å². The highest BCUT2D eigenvalue weighted by atomic mass is 19.4. The summed E-state index contributed by atoms with van der Waals surface area (Å²) < 4.78 is 44.1. The number of methoxy groups -OCH3 is 1. The Labute approximate surface area is 147 Å². The van der Waals surface area contributed by atoms with Crippen LogP contribution in [0, 0.1) is 0 Å². The number of hydrogen-bond donors (Lipinski definition) is 3. The molecule has 3 aromatic rings. The Balaban J connectivity index is 2.01. The molecule has 0 aliphatic carbocycles. The number of aromatic amines is 1. The van der Waals surface area contributed by atoms with Crippen molar-refractivity contribution in [1.82, 2.24) is 10.2 Å². The zero-order valence-corrected chi connectivity index (χ0v) is 14.4. The van der Waals surface area contributed by atoms with Gasteiger partial charge in [0.15, 0.2) is 5.82 Å².